The normalized spacial score (nSPS) is 23.9. The van der Waals surface area contributed by atoms with E-state index in [1.165, 1.54) is 0 Å². The Hall–Kier alpha value is -1.79. The summed E-state index contributed by atoms with van der Waals surface area (Å²) < 4.78 is 5.56. The summed E-state index contributed by atoms with van der Waals surface area (Å²) in [5.41, 5.74) is 8.44. The number of rotatable bonds is 3. The standard InChI is InChI=1S/C14H21N3O3/c1-9-4-3-5-12(14(15)16-19)13(9)17-6-11(7-18)20-8-10(17)2/h3-5,10-11,18-19H,6-8H2,1-2H3,(H2,15,16). The molecule has 0 amide bonds. The quantitative estimate of drug-likeness (QED) is 0.327. The van der Waals surface area contributed by atoms with Gasteiger partial charge in [0.05, 0.1) is 25.0 Å². The van der Waals surface area contributed by atoms with Gasteiger partial charge in [-0.15, -0.1) is 0 Å². The summed E-state index contributed by atoms with van der Waals surface area (Å²) in [5.74, 6) is 0.0861. The molecule has 2 atom stereocenters. The number of amidine groups is 1. The molecule has 1 aromatic carbocycles. The first kappa shape index (κ1) is 14.6. The molecule has 0 aromatic heterocycles. The Bertz CT molecular complexity index is 504. The van der Waals surface area contributed by atoms with E-state index in [-0.39, 0.29) is 24.6 Å². The van der Waals surface area contributed by atoms with E-state index in [4.69, 9.17) is 15.7 Å². The van der Waals surface area contributed by atoms with Crippen LogP contribution in [0.2, 0.25) is 0 Å². The summed E-state index contributed by atoms with van der Waals surface area (Å²) in [6.07, 6.45) is -0.217. The molecule has 0 saturated carbocycles. The fourth-order valence-electron chi connectivity index (χ4n) is 2.54. The Balaban J connectivity index is 2.44. The van der Waals surface area contributed by atoms with Crippen LogP contribution in [0.15, 0.2) is 23.4 Å². The second-order valence-electron chi connectivity index (χ2n) is 5.10. The number of ether oxygens (including phenoxy) is 1. The summed E-state index contributed by atoms with van der Waals surface area (Å²) in [5, 5.41) is 21.3. The number of hydrogen-bond acceptors (Lipinski definition) is 5. The number of nitrogens with zero attached hydrogens (tertiary/aromatic N) is 2. The van der Waals surface area contributed by atoms with Crippen LogP contribution < -0.4 is 10.6 Å². The third kappa shape index (κ3) is 2.71. The predicted molar refractivity (Wildman–Crippen MR) is 77.3 cm³/mol. The van der Waals surface area contributed by atoms with Gasteiger partial charge in [0.1, 0.15) is 0 Å². The SMILES string of the molecule is Cc1cccc(/C(N)=N/O)c1N1CC(CO)OCC1C. The Morgan fingerprint density at radius 2 is 2.30 bits per heavy atom. The maximum atomic E-state index is 9.30. The zero-order valence-electron chi connectivity index (χ0n) is 11.8. The van der Waals surface area contributed by atoms with Crippen molar-refractivity contribution in [1.82, 2.24) is 0 Å². The van der Waals surface area contributed by atoms with Crippen molar-refractivity contribution in [1.29, 1.82) is 0 Å². The molecule has 1 aromatic rings. The zero-order chi connectivity index (χ0) is 14.7. The van der Waals surface area contributed by atoms with Crippen molar-refractivity contribution in [3.05, 3.63) is 29.3 Å². The van der Waals surface area contributed by atoms with E-state index in [1.807, 2.05) is 25.1 Å². The van der Waals surface area contributed by atoms with Gasteiger partial charge in [0.2, 0.25) is 0 Å². The van der Waals surface area contributed by atoms with Crippen LogP contribution in [-0.4, -0.2) is 48.1 Å². The van der Waals surface area contributed by atoms with E-state index in [0.29, 0.717) is 18.7 Å². The number of para-hydroxylation sites is 1. The lowest BCUT2D eigenvalue weighted by atomic mass is 10.0. The second kappa shape index (κ2) is 6.11. The highest BCUT2D eigenvalue weighted by Gasteiger charge is 2.28. The third-order valence-corrected chi connectivity index (χ3v) is 3.62. The van der Waals surface area contributed by atoms with Crippen molar-refractivity contribution in [2.45, 2.75) is 26.0 Å². The minimum Gasteiger partial charge on any atom is -0.409 e. The molecule has 1 saturated heterocycles. The van der Waals surface area contributed by atoms with Crippen LogP contribution in [0.5, 0.6) is 0 Å². The van der Waals surface area contributed by atoms with E-state index < -0.39 is 0 Å². The van der Waals surface area contributed by atoms with Gasteiger partial charge in [0.15, 0.2) is 5.84 Å². The summed E-state index contributed by atoms with van der Waals surface area (Å²) >= 11 is 0. The molecule has 0 bridgehead atoms. The number of oxime groups is 1. The molecule has 1 heterocycles. The first-order valence-electron chi connectivity index (χ1n) is 6.65. The minimum atomic E-state index is -0.217. The van der Waals surface area contributed by atoms with Gasteiger partial charge in [-0.25, -0.2) is 0 Å². The van der Waals surface area contributed by atoms with E-state index in [0.717, 1.165) is 11.3 Å². The highest BCUT2D eigenvalue weighted by molar-refractivity contribution is 6.02. The zero-order valence-corrected chi connectivity index (χ0v) is 11.8. The van der Waals surface area contributed by atoms with Crippen LogP contribution >= 0.6 is 0 Å². The maximum absolute atomic E-state index is 9.30. The third-order valence-electron chi connectivity index (χ3n) is 3.62. The lowest BCUT2D eigenvalue weighted by Crippen LogP contribution is -2.50. The van der Waals surface area contributed by atoms with Gasteiger partial charge in [0.25, 0.3) is 0 Å². The maximum Gasteiger partial charge on any atom is 0.172 e. The molecule has 110 valence electrons. The summed E-state index contributed by atoms with van der Waals surface area (Å²) in [4.78, 5) is 2.15. The molecule has 6 nitrogen and oxygen atoms in total. The van der Waals surface area contributed by atoms with Crippen molar-refractivity contribution in [3.8, 4) is 0 Å². The molecule has 0 aliphatic carbocycles. The Morgan fingerprint density at radius 1 is 1.55 bits per heavy atom. The Morgan fingerprint density at radius 3 is 2.95 bits per heavy atom. The van der Waals surface area contributed by atoms with E-state index >= 15 is 0 Å². The highest BCUT2D eigenvalue weighted by atomic mass is 16.5. The first-order chi connectivity index (χ1) is 9.58. The number of aliphatic hydroxyl groups excluding tert-OH is 1. The molecular weight excluding hydrogens is 258 g/mol. The Kier molecular flexibility index (Phi) is 4.46. The summed E-state index contributed by atoms with van der Waals surface area (Å²) in [6.45, 7) is 5.13. The van der Waals surface area contributed by atoms with Crippen LogP contribution in [0.4, 0.5) is 5.69 Å². The Labute approximate surface area is 118 Å². The molecule has 1 fully saturated rings. The molecule has 1 aliphatic heterocycles. The van der Waals surface area contributed by atoms with E-state index in [2.05, 4.69) is 17.0 Å². The van der Waals surface area contributed by atoms with E-state index in [1.54, 1.807) is 0 Å². The smallest absolute Gasteiger partial charge is 0.172 e. The monoisotopic (exact) mass is 279 g/mol. The fourth-order valence-corrected chi connectivity index (χ4v) is 2.54. The van der Waals surface area contributed by atoms with Gasteiger partial charge in [-0.05, 0) is 25.5 Å². The second-order valence-corrected chi connectivity index (χ2v) is 5.10. The average molecular weight is 279 g/mol. The number of anilines is 1. The summed E-state index contributed by atoms with van der Waals surface area (Å²) in [6, 6.07) is 5.85. The van der Waals surface area contributed by atoms with Gasteiger partial charge >= 0.3 is 0 Å². The molecule has 0 radical (unpaired) electrons. The lowest BCUT2D eigenvalue weighted by Gasteiger charge is -2.40. The van der Waals surface area contributed by atoms with Crippen LogP contribution in [0.3, 0.4) is 0 Å². The van der Waals surface area contributed by atoms with Gasteiger partial charge < -0.3 is 25.7 Å². The molecule has 2 unspecified atom stereocenters. The van der Waals surface area contributed by atoms with Crippen LogP contribution in [0, 0.1) is 6.92 Å². The number of aliphatic hydroxyl groups is 1. The van der Waals surface area contributed by atoms with Crippen molar-refractivity contribution in [2.24, 2.45) is 10.9 Å². The molecule has 20 heavy (non-hydrogen) atoms. The number of morpholine rings is 1. The first-order valence-corrected chi connectivity index (χ1v) is 6.65. The molecule has 6 heteroatoms. The molecular formula is C14H21N3O3. The largest absolute Gasteiger partial charge is 0.409 e. The average Bonchev–Trinajstić information content (AvgIpc) is 2.47. The van der Waals surface area contributed by atoms with Crippen molar-refractivity contribution in [2.75, 3.05) is 24.7 Å². The summed E-state index contributed by atoms with van der Waals surface area (Å²) in [7, 11) is 0. The minimum absolute atomic E-state index is 0.0198. The van der Waals surface area contributed by atoms with Gasteiger partial charge in [-0.3, -0.25) is 0 Å². The van der Waals surface area contributed by atoms with Crippen molar-refractivity contribution in [3.63, 3.8) is 0 Å². The molecule has 0 spiro atoms. The number of nitrogens with two attached hydrogens (primary N) is 1. The lowest BCUT2D eigenvalue weighted by molar-refractivity contribution is -0.0103. The van der Waals surface area contributed by atoms with Gasteiger partial charge in [-0.1, -0.05) is 17.3 Å². The topological polar surface area (TPSA) is 91.3 Å². The number of hydrogen-bond donors (Lipinski definition) is 3. The highest BCUT2D eigenvalue weighted by Crippen LogP contribution is 2.29. The van der Waals surface area contributed by atoms with Crippen LogP contribution in [0.25, 0.3) is 0 Å². The van der Waals surface area contributed by atoms with E-state index in [9.17, 15) is 5.11 Å². The fraction of sp³-hybridized carbons (Fsp3) is 0.500. The molecule has 4 N–H and O–H groups in total. The number of benzene rings is 1. The van der Waals surface area contributed by atoms with Crippen molar-refractivity contribution >= 4 is 11.5 Å². The van der Waals surface area contributed by atoms with Crippen molar-refractivity contribution < 1.29 is 15.1 Å². The number of aryl methyl sites for hydroxylation is 1. The molecule has 2 rings (SSSR count). The molecule has 1 aliphatic rings. The van der Waals surface area contributed by atoms with Crippen LogP contribution in [-0.2, 0) is 4.74 Å². The van der Waals surface area contributed by atoms with Gasteiger partial charge in [0, 0.05) is 18.2 Å². The predicted octanol–water partition coefficient (Wildman–Crippen LogP) is 0.676. The van der Waals surface area contributed by atoms with Crippen LogP contribution in [0.1, 0.15) is 18.1 Å². The van der Waals surface area contributed by atoms with Gasteiger partial charge in [-0.2, -0.15) is 0 Å².